The number of halogens is 3. The number of rotatable bonds is 5. The van der Waals surface area contributed by atoms with Crippen molar-refractivity contribution in [2.45, 2.75) is 12.6 Å². The molecule has 4 N–H and O–H groups in total. The molecule has 0 bridgehead atoms. The molecule has 0 saturated carbocycles. The van der Waals surface area contributed by atoms with E-state index in [4.69, 9.17) is 0 Å². The number of aromatic nitrogens is 2. The number of nitrogens with zero attached hydrogens (tertiary/aromatic N) is 2. The molecule has 1 aliphatic rings. The fourth-order valence-corrected chi connectivity index (χ4v) is 3.07. The van der Waals surface area contributed by atoms with Gasteiger partial charge in [0, 0.05) is 29.8 Å². The highest BCUT2D eigenvalue weighted by molar-refractivity contribution is 5.99. The van der Waals surface area contributed by atoms with Crippen LogP contribution in [0.15, 0.2) is 48.8 Å². The number of aldehydes is 1. The van der Waals surface area contributed by atoms with Crippen LogP contribution >= 0.6 is 0 Å². The zero-order chi connectivity index (χ0) is 24.0. The van der Waals surface area contributed by atoms with Gasteiger partial charge in [-0.15, -0.1) is 0 Å². The highest BCUT2D eigenvalue weighted by Gasteiger charge is 2.34. The van der Waals surface area contributed by atoms with Crippen LogP contribution in [0.5, 0.6) is 0 Å². The van der Waals surface area contributed by atoms with Gasteiger partial charge in [-0.2, -0.15) is 13.2 Å². The Morgan fingerprint density at radius 3 is 2.52 bits per heavy atom. The van der Waals surface area contributed by atoms with E-state index in [2.05, 4.69) is 31.2 Å². The fourth-order valence-electron chi connectivity index (χ4n) is 3.07. The van der Waals surface area contributed by atoms with Crippen molar-refractivity contribution >= 4 is 40.8 Å². The second kappa shape index (κ2) is 10.1. The molecule has 2 aromatic heterocycles. The third-order valence-corrected chi connectivity index (χ3v) is 4.43. The molecule has 0 aliphatic carbocycles. The number of alkyl halides is 3. The SMILES string of the molecule is CNC.O=Cc1ncccc1Nc1cc(Nc2ccc3c(c2)CC(=O)N3)ncc1C(F)(F)F. The molecule has 0 fully saturated rings. The summed E-state index contributed by atoms with van der Waals surface area (Å²) in [5, 5.41) is 11.0. The summed E-state index contributed by atoms with van der Waals surface area (Å²) in [6.07, 6.45) is -1.90. The molecule has 0 spiro atoms. The van der Waals surface area contributed by atoms with Crippen molar-refractivity contribution in [3.63, 3.8) is 0 Å². The van der Waals surface area contributed by atoms with Gasteiger partial charge in [-0.05, 0) is 50.0 Å². The maximum Gasteiger partial charge on any atom is 0.419 e. The molecule has 1 amide bonds. The van der Waals surface area contributed by atoms with E-state index in [-0.39, 0.29) is 35.2 Å². The largest absolute Gasteiger partial charge is 0.419 e. The topological polar surface area (TPSA) is 108 Å². The highest BCUT2D eigenvalue weighted by Crippen LogP contribution is 2.37. The van der Waals surface area contributed by atoms with Gasteiger partial charge in [0.05, 0.1) is 23.4 Å². The Bertz CT molecular complexity index is 1170. The number of hydrogen-bond donors (Lipinski definition) is 4. The average Bonchev–Trinajstić information content (AvgIpc) is 3.13. The first-order valence-corrected chi connectivity index (χ1v) is 9.78. The predicted octanol–water partition coefficient (Wildman–Crippen LogP) is 4.13. The number of carbonyl (C=O) groups is 2. The van der Waals surface area contributed by atoms with Crippen LogP contribution in [0.1, 0.15) is 21.6 Å². The number of carbonyl (C=O) groups excluding carboxylic acids is 2. The van der Waals surface area contributed by atoms with E-state index in [9.17, 15) is 22.8 Å². The Balaban J connectivity index is 0.000000968. The van der Waals surface area contributed by atoms with Gasteiger partial charge >= 0.3 is 6.18 Å². The van der Waals surface area contributed by atoms with Gasteiger partial charge in [0.1, 0.15) is 11.5 Å². The lowest BCUT2D eigenvalue weighted by Gasteiger charge is -2.16. The molecule has 3 heterocycles. The molecule has 33 heavy (non-hydrogen) atoms. The molecule has 3 aromatic rings. The first kappa shape index (κ1) is 23.7. The van der Waals surface area contributed by atoms with Gasteiger partial charge in [-0.3, -0.25) is 14.6 Å². The van der Waals surface area contributed by atoms with E-state index in [1.165, 1.54) is 24.4 Å². The van der Waals surface area contributed by atoms with E-state index >= 15 is 0 Å². The zero-order valence-corrected chi connectivity index (χ0v) is 17.7. The van der Waals surface area contributed by atoms with Crippen LogP contribution in [-0.2, 0) is 17.4 Å². The van der Waals surface area contributed by atoms with Crippen molar-refractivity contribution in [3.8, 4) is 0 Å². The van der Waals surface area contributed by atoms with Crippen LogP contribution in [-0.4, -0.2) is 36.3 Å². The maximum atomic E-state index is 13.5. The van der Waals surface area contributed by atoms with Crippen molar-refractivity contribution in [3.05, 3.63) is 65.6 Å². The summed E-state index contributed by atoms with van der Waals surface area (Å²) >= 11 is 0. The minimum atomic E-state index is -4.66. The van der Waals surface area contributed by atoms with Crippen molar-refractivity contribution in [1.29, 1.82) is 0 Å². The maximum absolute atomic E-state index is 13.5. The van der Waals surface area contributed by atoms with E-state index in [1.54, 1.807) is 18.2 Å². The Labute approximate surface area is 187 Å². The molecular formula is C22H21F3N6O2. The van der Waals surface area contributed by atoms with Gasteiger partial charge in [0.2, 0.25) is 5.91 Å². The summed E-state index contributed by atoms with van der Waals surface area (Å²) in [6, 6.07) is 9.27. The smallest absolute Gasteiger partial charge is 0.353 e. The Morgan fingerprint density at radius 1 is 1.06 bits per heavy atom. The molecule has 0 atom stereocenters. The second-order valence-electron chi connectivity index (χ2n) is 7.01. The van der Waals surface area contributed by atoms with Crippen molar-refractivity contribution in [2.24, 2.45) is 0 Å². The molecule has 8 nitrogen and oxygen atoms in total. The van der Waals surface area contributed by atoms with E-state index < -0.39 is 11.7 Å². The predicted molar refractivity (Wildman–Crippen MR) is 119 cm³/mol. The van der Waals surface area contributed by atoms with Gasteiger partial charge in [-0.25, -0.2) is 4.98 Å². The molecule has 0 unspecified atom stereocenters. The Hall–Kier alpha value is -3.99. The molecular weight excluding hydrogens is 437 g/mol. The lowest BCUT2D eigenvalue weighted by atomic mass is 10.1. The molecule has 11 heteroatoms. The van der Waals surface area contributed by atoms with Crippen LogP contribution in [0.2, 0.25) is 0 Å². The van der Waals surface area contributed by atoms with Crippen LogP contribution < -0.4 is 21.3 Å². The number of amides is 1. The summed E-state index contributed by atoms with van der Waals surface area (Å²) in [4.78, 5) is 30.3. The highest BCUT2D eigenvalue weighted by atomic mass is 19.4. The zero-order valence-electron chi connectivity index (χ0n) is 17.7. The van der Waals surface area contributed by atoms with E-state index in [1.807, 2.05) is 14.1 Å². The third kappa shape index (κ3) is 5.83. The Morgan fingerprint density at radius 2 is 1.82 bits per heavy atom. The summed E-state index contributed by atoms with van der Waals surface area (Å²) < 4.78 is 40.4. The van der Waals surface area contributed by atoms with Crippen LogP contribution in [0, 0.1) is 0 Å². The lowest BCUT2D eigenvalue weighted by Crippen LogP contribution is -2.11. The normalized spacial score (nSPS) is 12.2. The fraction of sp³-hybridized carbons (Fsp3) is 0.182. The number of fused-ring (bicyclic) bond motifs is 1. The van der Waals surface area contributed by atoms with Crippen LogP contribution in [0.4, 0.5) is 41.7 Å². The summed E-state index contributed by atoms with van der Waals surface area (Å²) in [5.74, 6) is 0.0306. The first-order valence-electron chi connectivity index (χ1n) is 9.78. The standard InChI is InChI=1S/C20H14F3N5O2.C2H7N/c21-20(22,23)13-9-25-18(8-16(13)27-15-2-1-5-24-17(15)10-29)26-12-3-4-14-11(6-12)7-19(30)28-14;1-3-2/h1-6,8-10H,7H2,(H,28,30)(H2,25,26,27);3H,1-2H3. The third-order valence-electron chi connectivity index (χ3n) is 4.43. The minimum Gasteiger partial charge on any atom is -0.353 e. The average molecular weight is 458 g/mol. The minimum absolute atomic E-state index is 0.0206. The van der Waals surface area contributed by atoms with E-state index in [0.29, 0.717) is 23.9 Å². The van der Waals surface area contributed by atoms with E-state index in [0.717, 1.165) is 5.56 Å². The van der Waals surface area contributed by atoms with Crippen molar-refractivity contribution in [1.82, 2.24) is 15.3 Å². The summed E-state index contributed by atoms with van der Waals surface area (Å²) in [7, 11) is 3.75. The molecule has 0 radical (unpaired) electrons. The van der Waals surface area contributed by atoms with Gasteiger partial charge < -0.3 is 21.3 Å². The monoisotopic (exact) mass is 458 g/mol. The van der Waals surface area contributed by atoms with Gasteiger partial charge in [-0.1, -0.05) is 0 Å². The van der Waals surface area contributed by atoms with Crippen molar-refractivity contribution in [2.75, 3.05) is 30.0 Å². The molecule has 0 saturated heterocycles. The van der Waals surface area contributed by atoms with Gasteiger partial charge in [0.25, 0.3) is 0 Å². The van der Waals surface area contributed by atoms with Gasteiger partial charge in [0.15, 0.2) is 6.29 Å². The number of hydrogen-bond acceptors (Lipinski definition) is 7. The molecule has 4 rings (SSSR count). The van der Waals surface area contributed by atoms with Crippen molar-refractivity contribution < 1.29 is 22.8 Å². The Kier molecular flexibility index (Phi) is 7.23. The quantitative estimate of drug-likeness (QED) is 0.426. The van der Waals surface area contributed by atoms with Crippen LogP contribution in [0.25, 0.3) is 0 Å². The summed E-state index contributed by atoms with van der Waals surface area (Å²) in [5.41, 5.74) is 0.891. The molecule has 1 aromatic carbocycles. The number of benzene rings is 1. The second-order valence-corrected chi connectivity index (χ2v) is 7.01. The number of anilines is 5. The molecule has 172 valence electrons. The lowest BCUT2D eigenvalue weighted by molar-refractivity contribution is -0.137. The summed E-state index contributed by atoms with van der Waals surface area (Å²) in [6.45, 7) is 0. The number of pyridine rings is 2. The first-order chi connectivity index (χ1) is 15.7. The molecule has 1 aliphatic heterocycles. The number of nitrogens with one attached hydrogen (secondary N) is 4. The van der Waals surface area contributed by atoms with Crippen LogP contribution in [0.3, 0.4) is 0 Å².